The Hall–Kier alpha value is -2.01. The second kappa shape index (κ2) is 5.57. The lowest BCUT2D eigenvalue weighted by Crippen LogP contribution is -2.17. The first-order valence-corrected chi connectivity index (χ1v) is 8.81. The van der Waals surface area contributed by atoms with Crippen molar-refractivity contribution in [2.24, 2.45) is 0 Å². The molecule has 0 saturated carbocycles. The highest BCUT2D eigenvalue weighted by atomic mass is 32.2. The van der Waals surface area contributed by atoms with E-state index in [2.05, 4.69) is 0 Å². The lowest BCUT2D eigenvalue weighted by atomic mass is 10.0. The van der Waals surface area contributed by atoms with Crippen LogP contribution in [0.1, 0.15) is 29.8 Å². The van der Waals surface area contributed by atoms with Crippen molar-refractivity contribution < 1.29 is 21.6 Å². The number of aromatic nitrogens is 1. The average Bonchev–Trinajstić information content (AvgIpc) is 2.69. The van der Waals surface area contributed by atoms with E-state index in [0.717, 1.165) is 12.3 Å². The summed E-state index contributed by atoms with van der Waals surface area (Å²) in [6, 6.07) is 4.94. The maximum atomic E-state index is 13.3. The summed E-state index contributed by atoms with van der Waals surface area (Å²) in [5, 5.41) is 8.85. The molecule has 0 bridgehead atoms. The summed E-state index contributed by atoms with van der Waals surface area (Å²) in [6.45, 7) is 3.25. The van der Waals surface area contributed by atoms with Crippen LogP contribution in [0.4, 0.5) is 13.2 Å². The third-order valence-electron chi connectivity index (χ3n) is 3.60. The number of hydrogen-bond acceptors (Lipinski definition) is 3. The van der Waals surface area contributed by atoms with E-state index in [1.54, 1.807) is 24.5 Å². The monoisotopic (exact) mass is 344 g/mol. The fraction of sp³-hybridized carbons (Fsp3) is 0.400. The number of rotatable bonds is 3. The molecule has 4 nitrogen and oxygen atoms in total. The van der Waals surface area contributed by atoms with Gasteiger partial charge in [0.25, 0.3) is 0 Å². The lowest BCUT2D eigenvalue weighted by Gasteiger charge is -2.17. The number of nitrogens with zero attached hydrogens (tertiary/aromatic N) is 2. The number of sulfone groups is 1. The first-order valence-electron chi connectivity index (χ1n) is 6.75. The highest BCUT2D eigenvalue weighted by molar-refractivity contribution is 7.90. The molecular weight excluding hydrogens is 329 g/mol. The number of halogens is 3. The van der Waals surface area contributed by atoms with Gasteiger partial charge in [0.1, 0.15) is 9.84 Å². The number of alkyl halides is 3. The second-order valence-electron chi connectivity index (χ2n) is 5.63. The molecular formula is C15H15F3N2O2S. The quantitative estimate of drug-likeness (QED) is 0.857. The summed E-state index contributed by atoms with van der Waals surface area (Å²) in [7, 11) is -3.28. The molecule has 2 rings (SSSR count). The van der Waals surface area contributed by atoms with E-state index < -0.39 is 33.2 Å². The summed E-state index contributed by atoms with van der Waals surface area (Å²) in [5.41, 5.74) is -0.648. The van der Waals surface area contributed by atoms with Gasteiger partial charge in [-0.3, -0.25) is 0 Å². The molecule has 1 atom stereocenters. The minimum Gasteiger partial charge on any atom is -0.341 e. The third-order valence-corrected chi connectivity index (χ3v) is 4.69. The second-order valence-corrected chi connectivity index (χ2v) is 7.81. The zero-order valence-electron chi connectivity index (χ0n) is 12.8. The number of fused-ring (bicyclic) bond motifs is 1. The Morgan fingerprint density at radius 3 is 2.43 bits per heavy atom. The predicted octanol–water partition coefficient (Wildman–Crippen LogP) is 3.45. The summed E-state index contributed by atoms with van der Waals surface area (Å²) in [4.78, 5) is 0. The van der Waals surface area contributed by atoms with E-state index in [1.807, 2.05) is 0 Å². The Kier molecular flexibility index (Phi) is 4.20. The number of hydrogen-bond donors (Lipinski definition) is 0. The molecule has 0 aliphatic heterocycles. The van der Waals surface area contributed by atoms with E-state index in [1.165, 1.54) is 12.1 Å². The largest absolute Gasteiger partial charge is 0.418 e. The van der Waals surface area contributed by atoms with Crippen molar-refractivity contribution in [1.82, 2.24) is 4.57 Å². The Balaban J connectivity index is 2.77. The van der Waals surface area contributed by atoms with Gasteiger partial charge in [0, 0.05) is 28.9 Å². The van der Waals surface area contributed by atoms with Crippen LogP contribution in [0.5, 0.6) is 0 Å². The van der Waals surface area contributed by atoms with Crippen LogP contribution in [0.2, 0.25) is 0 Å². The minimum atomic E-state index is -4.66. The van der Waals surface area contributed by atoms with Gasteiger partial charge in [-0.25, -0.2) is 8.42 Å². The Bertz CT molecular complexity index is 905. The number of aryl methyl sites for hydroxylation is 1. The molecule has 0 radical (unpaired) electrons. The normalized spacial score (nSPS) is 14.0. The third kappa shape index (κ3) is 3.34. The molecule has 0 N–H and O–H groups in total. The molecule has 124 valence electrons. The van der Waals surface area contributed by atoms with Crippen LogP contribution in [-0.4, -0.2) is 25.0 Å². The van der Waals surface area contributed by atoms with Crippen molar-refractivity contribution in [3.05, 3.63) is 35.0 Å². The number of benzene rings is 1. The molecule has 0 fully saturated rings. The van der Waals surface area contributed by atoms with E-state index in [-0.39, 0.29) is 16.7 Å². The molecule has 0 amide bonds. The molecule has 0 saturated heterocycles. The highest BCUT2D eigenvalue weighted by Crippen LogP contribution is 2.39. The maximum Gasteiger partial charge on any atom is 0.418 e. The number of nitriles is 1. The molecule has 1 aromatic heterocycles. The average molecular weight is 344 g/mol. The predicted molar refractivity (Wildman–Crippen MR) is 80.8 cm³/mol. The van der Waals surface area contributed by atoms with Gasteiger partial charge in [-0.15, -0.1) is 0 Å². The minimum absolute atomic E-state index is 0.0885. The van der Waals surface area contributed by atoms with Gasteiger partial charge in [-0.2, -0.15) is 18.4 Å². The molecule has 1 aromatic carbocycles. The SMILES string of the molecule is Cc1cc2c(C(F)(F)F)c(C#N)ccc2n1C(C)CS(C)(=O)=O. The summed E-state index contributed by atoms with van der Waals surface area (Å²) >= 11 is 0. The molecule has 1 heterocycles. The first kappa shape index (κ1) is 17.3. The summed E-state index contributed by atoms with van der Waals surface area (Å²) in [5.74, 6) is -0.182. The van der Waals surface area contributed by atoms with Gasteiger partial charge < -0.3 is 4.57 Å². The Morgan fingerprint density at radius 2 is 1.96 bits per heavy atom. The van der Waals surface area contributed by atoms with Gasteiger partial charge in [-0.1, -0.05) is 0 Å². The van der Waals surface area contributed by atoms with Gasteiger partial charge in [0.15, 0.2) is 0 Å². The van der Waals surface area contributed by atoms with Crippen molar-refractivity contribution in [2.45, 2.75) is 26.1 Å². The molecule has 0 aliphatic rings. The van der Waals surface area contributed by atoms with Crippen LogP contribution in [0.15, 0.2) is 18.2 Å². The van der Waals surface area contributed by atoms with Crippen molar-refractivity contribution in [2.75, 3.05) is 12.0 Å². The van der Waals surface area contributed by atoms with Crippen LogP contribution in [0.3, 0.4) is 0 Å². The van der Waals surface area contributed by atoms with Crippen molar-refractivity contribution in [3.8, 4) is 6.07 Å². The Labute approximate surface area is 132 Å². The van der Waals surface area contributed by atoms with Crippen molar-refractivity contribution in [1.29, 1.82) is 5.26 Å². The fourth-order valence-corrected chi connectivity index (χ4v) is 3.95. The van der Waals surface area contributed by atoms with Gasteiger partial charge in [0.05, 0.1) is 22.9 Å². The van der Waals surface area contributed by atoms with E-state index >= 15 is 0 Å². The van der Waals surface area contributed by atoms with E-state index in [0.29, 0.717) is 5.69 Å². The topological polar surface area (TPSA) is 62.9 Å². The van der Waals surface area contributed by atoms with Crippen LogP contribution in [-0.2, 0) is 16.0 Å². The molecule has 2 aromatic rings. The van der Waals surface area contributed by atoms with Crippen molar-refractivity contribution >= 4 is 20.7 Å². The lowest BCUT2D eigenvalue weighted by molar-refractivity contribution is -0.136. The Morgan fingerprint density at radius 1 is 1.35 bits per heavy atom. The summed E-state index contributed by atoms with van der Waals surface area (Å²) < 4.78 is 64.5. The molecule has 0 spiro atoms. The van der Waals surface area contributed by atoms with Crippen LogP contribution < -0.4 is 0 Å². The first-order chi connectivity index (χ1) is 10.5. The molecule has 23 heavy (non-hydrogen) atoms. The van der Waals surface area contributed by atoms with Gasteiger partial charge in [0.2, 0.25) is 0 Å². The molecule has 1 unspecified atom stereocenters. The smallest absolute Gasteiger partial charge is 0.341 e. The van der Waals surface area contributed by atoms with Gasteiger partial charge in [-0.05, 0) is 32.0 Å². The zero-order valence-corrected chi connectivity index (χ0v) is 13.6. The van der Waals surface area contributed by atoms with E-state index in [4.69, 9.17) is 5.26 Å². The van der Waals surface area contributed by atoms with E-state index in [9.17, 15) is 21.6 Å². The standard InChI is InChI=1S/C15H15F3N2O2S/c1-9-6-12-13(20(9)10(2)8-23(3,21)22)5-4-11(7-19)14(12)15(16,17)18/h4-6,10H,8H2,1-3H3. The fourth-order valence-electron chi connectivity index (χ4n) is 2.93. The molecule has 0 aliphatic carbocycles. The maximum absolute atomic E-state index is 13.3. The molecule has 8 heteroatoms. The van der Waals surface area contributed by atoms with Crippen LogP contribution in [0, 0.1) is 18.3 Å². The van der Waals surface area contributed by atoms with Crippen molar-refractivity contribution in [3.63, 3.8) is 0 Å². The van der Waals surface area contributed by atoms with Crippen LogP contribution >= 0.6 is 0 Å². The zero-order chi connectivity index (χ0) is 17.6. The highest BCUT2D eigenvalue weighted by Gasteiger charge is 2.36. The summed E-state index contributed by atoms with van der Waals surface area (Å²) in [6.07, 6.45) is -3.58. The van der Waals surface area contributed by atoms with Crippen LogP contribution in [0.25, 0.3) is 10.9 Å². The van der Waals surface area contributed by atoms with Gasteiger partial charge >= 0.3 is 6.18 Å².